The largest absolute Gasteiger partial charge is 0.395 e. The molecular weight excluding hydrogens is 356 g/mol. The minimum Gasteiger partial charge on any atom is -0.395 e. The third-order valence-electron chi connectivity index (χ3n) is 4.95. The Morgan fingerprint density at radius 1 is 1.11 bits per heavy atom. The zero-order valence-corrected chi connectivity index (χ0v) is 15.8. The summed E-state index contributed by atoms with van der Waals surface area (Å²) in [6, 6.07) is 5.73. The summed E-state index contributed by atoms with van der Waals surface area (Å²) in [4.78, 5) is 17.5. The van der Waals surface area contributed by atoms with Gasteiger partial charge in [-0.1, -0.05) is 0 Å². The number of aromatic nitrogens is 3. The number of rotatable bonds is 9. The van der Waals surface area contributed by atoms with Gasteiger partial charge in [0, 0.05) is 60.8 Å². The van der Waals surface area contributed by atoms with Gasteiger partial charge in [0.1, 0.15) is 5.69 Å². The molecule has 0 fully saturated rings. The first-order valence-electron chi connectivity index (χ1n) is 9.49. The Morgan fingerprint density at radius 3 is 2.82 bits per heavy atom. The molecule has 0 spiro atoms. The second-order valence-corrected chi connectivity index (χ2v) is 6.71. The van der Waals surface area contributed by atoms with Crippen LogP contribution in [-0.4, -0.2) is 65.5 Å². The Labute approximate surface area is 163 Å². The first-order chi connectivity index (χ1) is 13.8. The van der Waals surface area contributed by atoms with Crippen LogP contribution in [0.1, 0.15) is 15.9 Å². The summed E-state index contributed by atoms with van der Waals surface area (Å²) in [5.41, 5.74) is 4.66. The lowest BCUT2D eigenvalue weighted by molar-refractivity contribution is 0.104. The third kappa shape index (κ3) is 3.15. The van der Waals surface area contributed by atoms with Crippen molar-refractivity contribution in [3.05, 3.63) is 41.7 Å². The highest BCUT2D eigenvalue weighted by Crippen LogP contribution is 2.41. The highest BCUT2D eigenvalue weighted by Gasteiger charge is 2.31. The number of aliphatic hydroxyl groups excluding tert-OH is 1. The average Bonchev–Trinajstić information content (AvgIpc) is 3.09. The summed E-state index contributed by atoms with van der Waals surface area (Å²) in [6.07, 6.45) is 3.37. The molecule has 2 heterocycles. The fourth-order valence-electron chi connectivity index (χ4n) is 3.64. The van der Waals surface area contributed by atoms with Crippen LogP contribution in [0.4, 0.5) is 5.69 Å². The molecule has 1 aliphatic rings. The van der Waals surface area contributed by atoms with Crippen LogP contribution < -0.4 is 16.0 Å². The van der Waals surface area contributed by atoms with E-state index in [-0.39, 0.29) is 12.4 Å². The van der Waals surface area contributed by atoms with Crippen molar-refractivity contribution in [2.75, 3.05) is 45.2 Å². The van der Waals surface area contributed by atoms with Crippen molar-refractivity contribution in [2.45, 2.75) is 6.54 Å². The van der Waals surface area contributed by atoms with Crippen LogP contribution in [0.15, 0.2) is 30.6 Å². The van der Waals surface area contributed by atoms with Crippen LogP contribution in [0, 0.1) is 0 Å². The molecule has 28 heavy (non-hydrogen) atoms. The fourth-order valence-corrected chi connectivity index (χ4v) is 3.64. The Bertz CT molecular complexity index is 1010. The Balaban J connectivity index is 1.79. The molecule has 0 saturated carbocycles. The number of pyridine rings is 1. The van der Waals surface area contributed by atoms with Crippen LogP contribution in [-0.2, 0) is 6.54 Å². The van der Waals surface area contributed by atoms with Crippen LogP contribution in [0.25, 0.3) is 22.2 Å². The minimum atomic E-state index is -0.00511. The van der Waals surface area contributed by atoms with E-state index < -0.39 is 0 Å². The molecule has 3 aromatic rings. The molecule has 0 unspecified atom stereocenters. The number of carbonyl (C=O) groups excluding carboxylic acids is 1. The SMILES string of the molecule is CNCCn1nc2c3c(c(NCCNCCO)ccc31)C(=O)c1ccncc1-2. The third-order valence-corrected chi connectivity index (χ3v) is 4.95. The number of likely N-dealkylation sites (N-methyl/N-ethyl adjacent to an activating group) is 1. The molecule has 2 aromatic heterocycles. The smallest absolute Gasteiger partial charge is 0.196 e. The van der Waals surface area contributed by atoms with Gasteiger partial charge in [0.05, 0.1) is 24.2 Å². The maximum absolute atomic E-state index is 13.3. The lowest BCUT2D eigenvalue weighted by atomic mass is 9.87. The van der Waals surface area contributed by atoms with Crippen molar-refractivity contribution in [1.82, 2.24) is 25.4 Å². The number of fused-ring (bicyclic) bond motifs is 2. The summed E-state index contributed by atoms with van der Waals surface area (Å²) in [5, 5.41) is 24.2. The molecule has 1 aromatic carbocycles. The van der Waals surface area contributed by atoms with Gasteiger partial charge in [0.2, 0.25) is 0 Å². The maximum Gasteiger partial charge on any atom is 0.196 e. The molecular formula is C20H24N6O2. The molecule has 0 bridgehead atoms. The summed E-state index contributed by atoms with van der Waals surface area (Å²) in [5.74, 6) is -0.00511. The van der Waals surface area contributed by atoms with E-state index in [1.165, 1.54) is 0 Å². The zero-order valence-electron chi connectivity index (χ0n) is 15.8. The van der Waals surface area contributed by atoms with E-state index in [1.54, 1.807) is 18.5 Å². The lowest BCUT2D eigenvalue weighted by Crippen LogP contribution is -2.25. The molecule has 8 nitrogen and oxygen atoms in total. The Kier molecular flexibility index (Phi) is 5.34. The first-order valence-corrected chi connectivity index (χ1v) is 9.49. The number of carbonyl (C=O) groups is 1. The van der Waals surface area contributed by atoms with Gasteiger partial charge in [-0.2, -0.15) is 5.10 Å². The number of aliphatic hydroxyl groups is 1. The van der Waals surface area contributed by atoms with Crippen LogP contribution in [0.3, 0.4) is 0 Å². The molecule has 4 N–H and O–H groups in total. The predicted molar refractivity (Wildman–Crippen MR) is 109 cm³/mol. The highest BCUT2D eigenvalue weighted by molar-refractivity contribution is 6.27. The first kappa shape index (κ1) is 18.5. The van der Waals surface area contributed by atoms with Gasteiger partial charge in [0.15, 0.2) is 5.78 Å². The second kappa shape index (κ2) is 8.05. The number of anilines is 1. The number of benzene rings is 1. The van der Waals surface area contributed by atoms with Gasteiger partial charge < -0.3 is 21.1 Å². The fraction of sp³-hybridized carbons (Fsp3) is 0.350. The van der Waals surface area contributed by atoms with Crippen LogP contribution in [0.2, 0.25) is 0 Å². The summed E-state index contributed by atoms with van der Waals surface area (Å²) in [7, 11) is 1.91. The Morgan fingerprint density at radius 2 is 2.00 bits per heavy atom. The molecule has 0 atom stereocenters. The second-order valence-electron chi connectivity index (χ2n) is 6.71. The van der Waals surface area contributed by atoms with Gasteiger partial charge in [-0.25, -0.2) is 0 Å². The maximum atomic E-state index is 13.3. The standard InChI is InChI=1S/C20H24N6O2/c1-21-8-10-26-16-3-2-15(24-7-6-22-9-11-27)17-18(16)19(25-26)14-12-23-5-4-13(14)20(17)28/h2-5,12,21-22,24,27H,6-11H2,1H3. The van der Waals surface area contributed by atoms with Crippen LogP contribution in [0.5, 0.6) is 0 Å². The van der Waals surface area contributed by atoms with Gasteiger partial charge >= 0.3 is 0 Å². The Hall–Kier alpha value is -2.81. The summed E-state index contributed by atoms with van der Waals surface area (Å²) in [6.45, 7) is 3.51. The number of nitrogens with one attached hydrogen (secondary N) is 3. The summed E-state index contributed by atoms with van der Waals surface area (Å²) >= 11 is 0. The average molecular weight is 380 g/mol. The van der Waals surface area contributed by atoms with Crippen molar-refractivity contribution in [3.8, 4) is 11.3 Å². The molecule has 0 amide bonds. The van der Waals surface area contributed by atoms with Gasteiger partial charge in [-0.05, 0) is 25.2 Å². The van der Waals surface area contributed by atoms with E-state index in [4.69, 9.17) is 10.2 Å². The molecule has 8 heteroatoms. The normalized spacial score (nSPS) is 12.4. The van der Waals surface area contributed by atoms with E-state index in [9.17, 15) is 4.79 Å². The molecule has 4 rings (SSSR count). The molecule has 1 aliphatic carbocycles. The van der Waals surface area contributed by atoms with E-state index >= 15 is 0 Å². The molecule has 146 valence electrons. The highest BCUT2D eigenvalue weighted by atomic mass is 16.3. The number of hydrogen-bond acceptors (Lipinski definition) is 7. The topological polar surface area (TPSA) is 104 Å². The molecule has 0 saturated heterocycles. The van der Waals surface area contributed by atoms with Crippen molar-refractivity contribution >= 4 is 22.4 Å². The number of nitrogens with zero attached hydrogens (tertiary/aromatic N) is 3. The lowest BCUT2D eigenvalue weighted by Gasteiger charge is -2.18. The van der Waals surface area contributed by atoms with Crippen LogP contribution >= 0.6 is 0 Å². The molecule has 0 radical (unpaired) electrons. The van der Waals surface area contributed by atoms with Crippen molar-refractivity contribution < 1.29 is 9.90 Å². The van der Waals surface area contributed by atoms with Gasteiger partial charge in [0.25, 0.3) is 0 Å². The molecule has 0 aliphatic heterocycles. The minimum absolute atomic E-state index is 0.00511. The van der Waals surface area contributed by atoms with Crippen molar-refractivity contribution in [1.29, 1.82) is 0 Å². The zero-order chi connectivity index (χ0) is 19.5. The quantitative estimate of drug-likeness (QED) is 0.319. The van der Waals surface area contributed by atoms with Gasteiger partial charge in [-0.3, -0.25) is 14.5 Å². The van der Waals surface area contributed by atoms with E-state index in [0.29, 0.717) is 37.3 Å². The van der Waals surface area contributed by atoms with E-state index in [1.807, 2.05) is 23.9 Å². The predicted octanol–water partition coefficient (Wildman–Crippen LogP) is 0.856. The van der Waals surface area contributed by atoms with Crippen molar-refractivity contribution in [3.63, 3.8) is 0 Å². The summed E-state index contributed by atoms with van der Waals surface area (Å²) < 4.78 is 1.95. The number of ketones is 1. The van der Waals surface area contributed by atoms with Gasteiger partial charge in [-0.15, -0.1) is 0 Å². The number of hydrogen-bond donors (Lipinski definition) is 4. The monoisotopic (exact) mass is 380 g/mol. The van der Waals surface area contributed by atoms with E-state index in [0.717, 1.165) is 34.4 Å². The van der Waals surface area contributed by atoms with Crippen molar-refractivity contribution in [2.24, 2.45) is 0 Å². The van der Waals surface area contributed by atoms with E-state index in [2.05, 4.69) is 20.9 Å².